The van der Waals surface area contributed by atoms with E-state index in [0.717, 1.165) is 39.5 Å². The molecule has 0 saturated carbocycles. The summed E-state index contributed by atoms with van der Waals surface area (Å²) in [4.78, 5) is 88.2. The molecular weight excluding hydrogens is 1480 g/mol. The molecule has 12 aromatic rings. The van der Waals surface area contributed by atoms with Gasteiger partial charge in [0.25, 0.3) is 38.5 Å². The molecule has 6 aromatic heterocycles. The number of thiophene rings is 3. The van der Waals surface area contributed by atoms with Crippen LogP contribution in [0.2, 0.25) is 0 Å². The van der Waals surface area contributed by atoms with Crippen LogP contribution >= 0.6 is 34.0 Å². The van der Waals surface area contributed by atoms with E-state index in [1.807, 2.05) is 109 Å². The molecule has 6 aromatic carbocycles. The van der Waals surface area contributed by atoms with Crippen LogP contribution in [0, 0.1) is 39.8 Å². The molecule has 9 heterocycles. The fourth-order valence-corrected chi connectivity index (χ4v) is 17.7. The van der Waals surface area contributed by atoms with Crippen molar-refractivity contribution in [1.29, 1.82) is 15.8 Å². The Morgan fingerprint density at radius 3 is 1.14 bits per heavy atom. The van der Waals surface area contributed by atoms with Gasteiger partial charge in [-0.3, -0.25) is 28.8 Å². The SMILES string of the molecule is CC(=O)Oc1ccc(Cn2c(=O)c(C#N)c(N3CCN(C(=O)c4cccs4)CC3)c3ccccc32)cc1.N#Cc1c(N2CCN(C(=O)c3cccs3)CC2)c2ccccc2n(Cc2ccc(C(F)(F)F)cc2)c1=O.N#Cc1c(N2CCN(S(=O)(=O)c3cccs3)CC2)c2ccccc2n(Cc2ccc(F)cc2)c1=O. The van der Waals surface area contributed by atoms with Gasteiger partial charge in [-0.05, 0) is 106 Å². The first-order valence-electron chi connectivity index (χ1n) is 34.4. The minimum atomic E-state index is -4.45. The number of para-hydroxylation sites is 3. The molecule has 0 spiro atoms. The van der Waals surface area contributed by atoms with Crippen molar-refractivity contribution >= 4 is 112 Å². The molecule has 3 saturated heterocycles. The van der Waals surface area contributed by atoms with Crippen LogP contribution in [0.5, 0.6) is 5.75 Å². The van der Waals surface area contributed by atoms with Gasteiger partial charge in [0.2, 0.25) is 0 Å². The van der Waals surface area contributed by atoms with Crippen LogP contribution in [0.3, 0.4) is 0 Å². The van der Waals surface area contributed by atoms with E-state index in [1.165, 1.54) is 78.6 Å². The van der Waals surface area contributed by atoms with E-state index >= 15 is 0 Å². The minimum Gasteiger partial charge on any atom is -0.427 e. The Morgan fingerprint density at radius 1 is 0.450 bits per heavy atom. The third kappa shape index (κ3) is 16.0. The Hall–Kier alpha value is -12.0. The number of rotatable bonds is 14. The molecule has 15 rings (SSSR count). The van der Waals surface area contributed by atoms with Gasteiger partial charge in [-0.1, -0.05) is 109 Å². The first kappa shape index (κ1) is 75.2. The van der Waals surface area contributed by atoms with Gasteiger partial charge in [-0.25, -0.2) is 12.8 Å². The second kappa shape index (κ2) is 32.6. The van der Waals surface area contributed by atoms with Crippen molar-refractivity contribution in [3.8, 4) is 24.0 Å². The van der Waals surface area contributed by atoms with Gasteiger partial charge < -0.3 is 42.9 Å². The van der Waals surface area contributed by atoms with E-state index in [1.54, 1.807) is 81.6 Å². The number of nitriles is 3. The summed E-state index contributed by atoms with van der Waals surface area (Å²) in [5.74, 6) is -0.361. The van der Waals surface area contributed by atoms with Crippen LogP contribution in [-0.4, -0.2) is 133 Å². The number of halogens is 4. The number of nitrogens with zero attached hydrogens (tertiary/aromatic N) is 12. The maximum Gasteiger partial charge on any atom is 0.416 e. The van der Waals surface area contributed by atoms with Gasteiger partial charge in [0, 0.05) is 102 Å². The molecule has 0 bridgehead atoms. The van der Waals surface area contributed by atoms with Crippen LogP contribution in [0.25, 0.3) is 32.7 Å². The minimum absolute atomic E-state index is 0.00940. The van der Waals surface area contributed by atoms with Gasteiger partial charge in [0.1, 0.15) is 50.7 Å². The number of hydrogen-bond acceptors (Lipinski definition) is 18. The van der Waals surface area contributed by atoms with Crippen LogP contribution in [-0.2, 0) is 40.6 Å². The number of pyridine rings is 3. The van der Waals surface area contributed by atoms with Crippen molar-refractivity contribution in [2.75, 3.05) is 93.2 Å². The van der Waals surface area contributed by atoms with Crippen LogP contribution in [0.1, 0.15) is 65.2 Å². The fourth-order valence-electron chi connectivity index (χ4n) is 13.8. The zero-order chi connectivity index (χ0) is 76.7. The number of hydrogen-bond donors (Lipinski definition) is 0. The van der Waals surface area contributed by atoms with E-state index in [0.29, 0.717) is 124 Å². The highest BCUT2D eigenvalue weighted by Crippen LogP contribution is 2.36. The first-order valence-corrected chi connectivity index (χ1v) is 38.5. The number of sulfonamides is 1. The van der Waals surface area contributed by atoms with Crippen LogP contribution < -0.4 is 36.1 Å². The Balaban J connectivity index is 0.000000144. The van der Waals surface area contributed by atoms with Crippen molar-refractivity contribution in [1.82, 2.24) is 27.8 Å². The number of ether oxygens (including phenoxy) is 1. The van der Waals surface area contributed by atoms with Crippen molar-refractivity contribution in [3.63, 3.8) is 0 Å². The molecule has 29 heteroatoms. The molecule has 109 heavy (non-hydrogen) atoms. The van der Waals surface area contributed by atoms with Crippen LogP contribution in [0.4, 0.5) is 34.6 Å². The van der Waals surface area contributed by atoms with Gasteiger partial charge in [0.15, 0.2) is 0 Å². The normalized spacial score (nSPS) is 14.1. The number of piperazine rings is 3. The highest BCUT2D eigenvalue weighted by Gasteiger charge is 2.35. The second-order valence-corrected chi connectivity index (χ2v) is 30.6. The molecule has 2 amide bonds. The number of carbonyl (C=O) groups excluding carboxylic acids is 3. The zero-order valence-corrected chi connectivity index (χ0v) is 61.6. The molecule has 0 radical (unpaired) electrons. The second-order valence-electron chi connectivity index (χ2n) is 25.6. The predicted molar refractivity (Wildman–Crippen MR) is 412 cm³/mol. The summed E-state index contributed by atoms with van der Waals surface area (Å²) in [5.41, 5.74) is 3.73. The Bertz CT molecular complexity index is 5830. The van der Waals surface area contributed by atoms with E-state index < -0.39 is 38.9 Å². The monoisotopic (exact) mass is 1540 g/mol. The number of fused-ring (bicyclic) bond motifs is 3. The molecule has 552 valence electrons. The van der Waals surface area contributed by atoms with Crippen molar-refractivity contribution in [2.24, 2.45) is 0 Å². The number of carbonyl (C=O) groups is 3. The molecule has 0 atom stereocenters. The zero-order valence-electron chi connectivity index (χ0n) is 58.3. The summed E-state index contributed by atoms with van der Waals surface area (Å²) in [6.45, 7) is 6.90. The lowest BCUT2D eigenvalue weighted by atomic mass is 10.1. The number of amides is 2. The predicted octanol–water partition coefficient (Wildman–Crippen LogP) is 12.5. The van der Waals surface area contributed by atoms with Crippen molar-refractivity contribution < 1.29 is 45.1 Å². The smallest absolute Gasteiger partial charge is 0.416 e. The highest BCUT2D eigenvalue weighted by molar-refractivity contribution is 7.91. The lowest BCUT2D eigenvalue weighted by molar-refractivity contribution is -0.137. The first-order chi connectivity index (χ1) is 52.6. The molecule has 0 N–H and O–H groups in total. The van der Waals surface area contributed by atoms with E-state index in [-0.39, 0.29) is 72.6 Å². The van der Waals surface area contributed by atoms with E-state index in [9.17, 15) is 70.5 Å². The summed E-state index contributed by atoms with van der Waals surface area (Å²) in [7, 11) is -3.57. The Labute approximate surface area is 634 Å². The Morgan fingerprint density at radius 2 is 0.798 bits per heavy atom. The molecule has 21 nitrogen and oxygen atoms in total. The highest BCUT2D eigenvalue weighted by atomic mass is 32.2. The maximum atomic E-state index is 13.6. The number of aromatic nitrogens is 3. The van der Waals surface area contributed by atoms with Gasteiger partial charge in [-0.2, -0.15) is 33.3 Å². The molecule has 0 unspecified atom stereocenters. The number of benzene rings is 6. The summed E-state index contributed by atoms with van der Waals surface area (Å²) in [6.07, 6.45) is -4.45. The molecular formula is C80H66F4N12O9S4. The topological polar surface area (TPSA) is 251 Å². The summed E-state index contributed by atoms with van der Waals surface area (Å²) in [5, 5.41) is 37.8. The molecule has 3 aliphatic rings. The summed E-state index contributed by atoms with van der Waals surface area (Å²) < 4.78 is 89.5. The number of anilines is 3. The molecule has 3 fully saturated rings. The lowest BCUT2D eigenvalue weighted by Crippen LogP contribution is -2.49. The quantitative estimate of drug-likeness (QED) is 0.0557. The maximum absolute atomic E-state index is 13.6. The van der Waals surface area contributed by atoms with E-state index in [2.05, 4.69) is 18.2 Å². The molecule has 3 aliphatic heterocycles. The average Bonchev–Trinajstić information content (AvgIpc) is 1.70. The average molecular weight is 1540 g/mol. The Kier molecular flexibility index (Phi) is 22.5. The largest absolute Gasteiger partial charge is 0.427 e. The third-order valence-electron chi connectivity index (χ3n) is 19.0. The molecule has 0 aliphatic carbocycles. The van der Waals surface area contributed by atoms with E-state index in [4.69, 9.17) is 4.74 Å². The number of alkyl halides is 3. The fraction of sp³-hybridized carbons (Fsp3) is 0.212. The lowest BCUT2D eigenvalue weighted by Gasteiger charge is -2.37. The van der Waals surface area contributed by atoms with Crippen molar-refractivity contribution in [3.05, 3.63) is 284 Å². The third-order valence-corrected chi connectivity index (χ3v) is 24.0. The van der Waals surface area contributed by atoms with Gasteiger partial charge in [-0.15, -0.1) is 34.0 Å². The standard InChI is InChI=1S/C28H24N4O4S.C27H21F3N4O2S.C25H21FN4O3S2/c1-19(33)36-21-10-8-20(9-11-21)18-32-24-6-3-2-5-22(24)26(23(17-29)27(32)34)30-12-14-31(15-13-30)28(35)25-7-4-16-37-25;28-27(29,30)19-9-7-18(8-10-19)17-34-22-5-2-1-4-20(22)24(21(16-31)25(34)35)32-11-13-33(14-12-32)26(36)23-6-3-15-37-23;26-19-9-7-18(8-10-19)17-30-22-5-2-1-4-20(22)24(21(16-27)25(30)31)28-11-13-29(14-12-28)35(32,33)23-6-3-15-34-23/h2-11,16H,12-15,18H2,1H3;1-10,15H,11-14,17H2;1-10,15H,11-14,17H2. The summed E-state index contributed by atoms with van der Waals surface area (Å²) in [6, 6.07) is 56.5. The van der Waals surface area contributed by atoms with Crippen LogP contribution in [0.15, 0.2) is 217 Å². The number of esters is 1. The van der Waals surface area contributed by atoms with Gasteiger partial charge in [0.05, 0.1) is 68.6 Å². The summed E-state index contributed by atoms with van der Waals surface area (Å²) >= 11 is 3.99. The van der Waals surface area contributed by atoms with Gasteiger partial charge >= 0.3 is 12.1 Å². The van der Waals surface area contributed by atoms with Crippen molar-refractivity contribution in [2.45, 2.75) is 36.9 Å².